The van der Waals surface area contributed by atoms with Gasteiger partial charge in [-0.15, -0.1) is 10.2 Å². The van der Waals surface area contributed by atoms with Crippen molar-refractivity contribution in [2.24, 2.45) is 0 Å². The van der Waals surface area contributed by atoms with Gasteiger partial charge in [0, 0.05) is 41.6 Å². The fourth-order valence-corrected chi connectivity index (χ4v) is 4.08. The average molecular weight is 452 g/mol. The quantitative estimate of drug-likeness (QED) is 0.557. The van der Waals surface area contributed by atoms with E-state index in [-0.39, 0.29) is 10.8 Å². The van der Waals surface area contributed by atoms with Crippen LogP contribution >= 0.6 is 23.2 Å². The molecule has 1 atom stereocenters. The Morgan fingerprint density at radius 2 is 2.03 bits per heavy atom. The molecule has 1 aromatic carbocycles. The Morgan fingerprint density at radius 1 is 1.27 bits per heavy atom. The summed E-state index contributed by atoms with van der Waals surface area (Å²) in [6.45, 7) is 3.15. The second kappa shape index (κ2) is 8.75. The van der Waals surface area contributed by atoms with Crippen LogP contribution in [-0.2, 0) is 4.74 Å². The van der Waals surface area contributed by atoms with Crippen molar-refractivity contribution in [1.29, 1.82) is 0 Å². The molecule has 1 fully saturated rings. The lowest BCUT2D eigenvalue weighted by molar-refractivity contribution is 0.0662. The van der Waals surface area contributed by atoms with Gasteiger partial charge in [0.2, 0.25) is 0 Å². The number of nitrogen functional groups attached to an aromatic ring is 1. The van der Waals surface area contributed by atoms with E-state index < -0.39 is 11.9 Å². The highest BCUT2D eigenvalue weighted by atomic mass is 35.5. The molecule has 0 spiro atoms. The van der Waals surface area contributed by atoms with Crippen LogP contribution in [0, 0.1) is 5.82 Å². The lowest BCUT2D eigenvalue weighted by Crippen LogP contribution is -2.19. The predicted octanol–water partition coefficient (Wildman–Crippen LogP) is 4.86. The van der Waals surface area contributed by atoms with Gasteiger partial charge in [0.15, 0.2) is 11.6 Å². The molecule has 158 valence electrons. The molecule has 2 aromatic heterocycles. The van der Waals surface area contributed by atoms with Crippen molar-refractivity contribution in [1.82, 2.24) is 20.0 Å². The van der Waals surface area contributed by atoms with Crippen LogP contribution in [0.3, 0.4) is 0 Å². The summed E-state index contributed by atoms with van der Waals surface area (Å²) in [5, 5.41) is 12.8. The summed E-state index contributed by atoms with van der Waals surface area (Å²) < 4.78 is 27.1. The molecule has 0 radical (unpaired) electrons. The number of hydrogen-bond acceptors (Lipinski definition) is 6. The van der Waals surface area contributed by atoms with Gasteiger partial charge in [-0.25, -0.2) is 4.39 Å². The van der Waals surface area contributed by atoms with Crippen molar-refractivity contribution in [2.45, 2.75) is 31.9 Å². The Kier molecular flexibility index (Phi) is 6.08. The van der Waals surface area contributed by atoms with Crippen molar-refractivity contribution in [3.8, 4) is 17.0 Å². The van der Waals surface area contributed by atoms with Crippen LogP contribution in [0.5, 0.6) is 5.75 Å². The second-order valence-electron chi connectivity index (χ2n) is 7.05. The first kappa shape index (κ1) is 20.8. The first-order valence-corrected chi connectivity index (χ1v) is 10.2. The minimum Gasteiger partial charge on any atom is -0.482 e. The molecule has 1 aliphatic rings. The lowest BCUT2D eigenvalue weighted by atomic mass is 10.1. The van der Waals surface area contributed by atoms with Gasteiger partial charge in [-0.2, -0.15) is 5.10 Å². The van der Waals surface area contributed by atoms with E-state index in [2.05, 4.69) is 15.3 Å². The highest BCUT2D eigenvalue weighted by Gasteiger charge is 2.21. The fraction of sp³-hybridized carbons (Fsp3) is 0.350. The van der Waals surface area contributed by atoms with Gasteiger partial charge in [-0.05, 0) is 31.9 Å². The number of aromatic nitrogens is 4. The average Bonchev–Trinajstić information content (AvgIpc) is 3.24. The van der Waals surface area contributed by atoms with Crippen LogP contribution in [0.4, 0.5) is 10.2 Å². The largest absolute Gasteiger partial charge is 0.482 e. The molecule has 1 unspecified atom stereocenters. The summed E-state index contributed by atoms with van der Waals surface area (Å²) in [7, 11) is 0. The predicted molar refractivity (Wildman–Crippen MR) is 112 cm³/mol. The maximum Gasteiger partial charge on any atom is 0.188 e. The fourth-order valence-electron chi connectivity index (χ4n) is 3.40. The van der Waals surface area contributed by atoms with E-state index in [0.29, 0.717) is 28.1 Å². The van der Waals surface area contributed by atoms with Crippen molar-refractivity contribution in [3.63, 3.8) is 0 Å². The van der Waals surface area contributed by atoms with E-state index in [0.717, 1.165) is 31.6 Å². The Bertz CT molecular complexity index is 1060. The Hall–Kier alpha value is -2.42. The highest BCUT2D eigenvalue weighted by Crippen LogP contribution is 2.36. The molecule has 3 aromatic rings. The summed E-state index contributed by atoms with van der Waals surface area (Å²) in [6.07, 6.45) is 4.81. The number of rotatable bonds is 5. The Balaban J connectivity index is 1.58. The third kappa shape index (κ3) is 4.21. The molecular weight excluding hydrogens is 432 g/mol. The highest BCUT2D eigenvalue weighted by molar-refractivity contribution is 6.36. The van der Waals surface area contributed by atoms with Gasteiger partial charge in [0.1, 0.15) is 11.9 Å². The van der Waals surface area contributed by atoms with Gasteiger partial charge in [-0.3, -0.25) is 4.68 Å². The van der Waals surface area contributed by atoms with Crippen LogP contribution in [0.15, 0.2) is 30.6 Å². The summed E-state index contributed by atoms with van der Waals surface area (Å²) in [5.41, 5.74) is 7.63. The van der Waals surface area contributed by atoms with E-state index in [9.17, 15) is 4.39 Å². The second-order valence-corrected chi connectivity index (χ2v) is 7.83. The van der Waals surface area contributed by atoms with Crippen LogP contribution in [0.25, 0.3) is 11.3 Å². The standard InChI is InChI=1S/C20H20Cl2FN5O2/c1-11(18-14(21)2-3-15(23)19(18)22)30-17-8-16(26-27-20(17)24)12-9-25-28(10-12)13-4-6-29-7-5-13/h2-3,8-11,13H,4-7H2,1H3,(H2,24,27). The monoisotopic (exact) mass is 451 g/mol. The summed E-state index contributed by atoms with van der Waals surface area (Å²) in [4.78, 5) is 0. The molecule has 0 aliphatic carbocycles. The zero-order valence-corrected chi connectivity index (χ0v) is 17.7. The van der Waals surface area contributed by atoms with Crippen LogP contribution in [0.1, 0.15) is 37.5 Å². The van der Waals surface area contributed by atoms with Gasteiger partial charge in [-0.1, -0.05) is 23.2 Å². The molecule has 1 saturated heterocycles. The summed E-state index contributed by atoms with van der Waals surface area (Å²) >= 11 is 12.3. The number of ether oxygens (including phenoxy) is 2. The van der Waals surface area contributed by atoms with Crippen LogP contribution in [0.2, 0.25) is 10.0 Å². The molecule has 10 heteroatoms. The smallest absolute Gasteiger partial charge is 0.188 e. The molecule has 1 aliphatic heterocycles. The minimum atomic E-state index is -0.662. The van der Waals surface area contributed by atoms with Gasteiger partial charge < -0.3 is 15.2 Å². The number of nitrogens with two attached hydrogens (primary N) is 1. The number of benzene rings is 1. The number of nitrogens with zero attached hydrogens (tertiary/aromatic N) is 4. The molecule has 0 bridgehead atoms. The van der Waals surface area contributed by atoms with Gasteiger partial charge in [0.05, 0.1) is 23.0 Å². The zero-order chi connectivity index (χ0) is 21.3. The van der Waals surface area contributed by atoms with Gasteiger partial charge >= 0.3 is 0 Å². The van der Waals surface area contributed by atoms with E-state index in [1.165, 1.54) is 12.1 Å². The minimum absolute atomic E-state index is 0.0893. The Labute approximate surface area is 182 Å². The van der Waals surface area contributed by atoms with Crippen molar-refractivity contribution in [2.75, 3.05) is 18.9 Å². The number of hydrogen-bond donors (Lipinski definition) is 1. The van der Waals surface area contributed by atoms with Crippen molar-refractivity contribution < 1.29 is 13.9 Å². The van der Waals surface area contributed by atoms with E-state index >= 15 is 0 Å². The van der Waals surface area contributed by atoms with Crippen molar-refractivity contribution in [3.05, 3.63) is 52.0 Å². The summed E-state index contributed by atoms with van der Waals surface area (Å²) in [5.74, 6) is -0.178. The SMILES string of the molecule is CC(Oc1cc(-c2cnn(C3CCOCC3)c2)nnc1N)c1c(Cl)ccc(F)c1Cl. The van der Waals surface area contributed by atoms with Gasteiger partial charge in [0.25, 0.3) is 0 Å². The number of halogens is 3. The molecular formula is C20H20Cl2FN5O2. The molecule has 0 amide bonds. The molecule has 3 heterocycles. The van der Waals surface area contributed by atoms with E-state index in [1.807, 2.05) is 10.9 Å². The molecule has 7 nitrogen and oxygen atoms in total. The molecule has 0 saturated carbocycles. The maximum atomic E-state index is 13.9. The first-order chi connectivity index (χ1) is 14.4. The normalized spacial score (nSPS) is 15.9. The zero-order valence-electron chi connectivity index (χ0n) is 16.2. The number of anilines is 1. The first-order valence-electron chi connectivity index (χ1n) is 9.49. The van der Waals surface area contributed by atoms with Crippen LogP contribution < -0.4 is 10.5 Å². The van der Waals surface area contributed by atoms with Crippen molar-refractivity contribution >= 4 is 29.0 Å². The maximum absolute atomic E-state index is 13.9. The van der Waals surface area contributed by atoms with E-state index in [1.54, 1.807) is 19.2 Å². The summed E-state index contributed by atoms with van der Waals surface area (Å²) in [6, 6.07) is 4.60. The topological polar surface area (TPSA) is 88.1 Å². The molecule has 30 heavy (non-hydrogen) atoms. The Morgan fingerprint density at radius 3 is 2.80 bits per heavy atom. The molecule has 2 N–H and O–H groups in total. The lowest BCUT2D eigenvalue weighted by Gasteiger charge is -2.22. The third-order valence-electron chi connectivity index (χ3n) is 5.04. The van der Waals surface area contributed by atoms with E-state index in [4.69, 9.17) is 38.4 Å². The van der Waals surface area contributed by atoms with Crippen LogP contribution in [-0.4, -0.2) is 33.2 Å². The third-order valence-corrected chi connectivity index (χ3v) is 5.75. The molecule has 4 rings (SSSR count).